The summed E-state index contributed by atoms with van der Waals surface area (Å²) < 4.78 is 23.9. The highest BCUT2D eigenvalue weighted by Gasteiger charge is 2.46. The summed E-state index contributed by atoms with van der Waals surface area (Å²) in [5.41, 5.74) is 2.99. The fourth-order valence-electron chi connectivity index (χ4n) is 3.84. The number of benzene rings is 3. The molecule has 0 aliphatic carbocycles. The van der Waals surface area contributed by atoms with E-state index < -0.39 is 30.7 Å². The first-order chi connectivity index (χ1) is 16.2. The van der Waals surface area contributed by atoms with Crippen LogP contribution < -0.4 is 0 Å². The summed E-state index contributed by atoms with van der Waals surface area (Å²) in [6, 6.07) is 29.3. The third-order valence-electron chi connectivity index (χ3n) is 5.60. The second-order valence-corrected chi connectivity index (χ2v) is 8.08. The molecule has 1 aliphatic heterocycles. The Labute approximate surface area is 194 Å². The van der Waals surface area contributed by atoms with Gasteiger partial charge in [0.1, 0.15) is 24.4 Å². The van der Waals surface area contributed by atoms with Crippen LogP contribution in [0.2, 0.25) is 0 Å². The molecule has 0 radical (unpaired) electrons. The Morgan fingerprint density at radius 3 is 1.58 bits per heavy atom. The molecule has 4 rings (SSSR count). The lowest BCUT2D eigenvalue weighted by Gasteiger charge is -2.42. The molecule has 1 aliphatic rings. The van der Waals surface area contributed by atoms with Crippen molar-refractivity contribution in [1.29, 1.82) is 0 Å². The molecular weight excluding hydrogens is 420 g/mol. The van der Waals surface area contributed by atoms with E-state index in [4.69, 9.17) is 18.9 Å². The lowest BCUT2D eigenvalue weighted by Crippen LogP contribution is -2.60. The van der Waals surface area contributed by atoms with Gasteiger partial charge in [0.2, 0.25) is 0 Å². The van der Waals surface area contributed by atoms with Crippen LogP contribution in [-0.2, 0) is 38.8 Å². The molecule has 174 valence electrons. The molecule has 5 atom stereocenters. The lowest BCUT2D eigenvalue weighted by molar-refractivity contribution is -0.307. The standard InChI is InChI=1S/C27H30O6/c28-24-26(32-18-22-14-8-3-9-15-22)25(31-17-21-12-6-2-7-13-21)23(33-27(24)29)19-30-16-20-10-4-1-5-11-20/h1-15,23-29H,16-19H2/t23?,24-,25+,26?,27+/m0/s1. The maximum Gasteiger partial charge on any atom is 0.184 e. The number of hydrogen-bond acceptors (Lipinski definition) is 6. The van der Waals surface area contributed by atoms with Gasteiger partial charge < -0.3 is 29.2 Å². The van der Waals surface area contributed by atoms with Gasteiger partial charge in [-0.25, -0.2) is 0 Å². The molecule has 6 nitrogen and oxygen atoms in total. The maximum absolute atomic E-state index is 10.7. The summed E-state index contributed by atoms with van der Waals surface area (Å²) in [6.45, 7) is 1.18. The Bertz CT molecular complexity index is 937. The van der Waals surface area contributed by atoms with E-state index >= 15 is 0 Å². The van der Waals surface area contributed by atoms with Crippen molar-refractivity contribution in [3.8, 4) is 0 Å². The SMILES string of the molecule is O[C@@H]1OC(COCc2ccccc2)[C@@H](OCc2ccccc2)C(OCc2ccccc2)[C@@H]1O. The Balaban J connectivity index is 1.46. The van der Waals surface area contributed by atoms with Crippen LogP contribution in [0.4, 0.5) is 0 Å². The Morgan fingerprint density at radius 2 is 1.06 bits per heavy atom. The van der Waals surface area contributed by atoms with Gasteiger partial charge in [0.15, 0.2) is 6.29 Å². The largest absolute Gasteiger partial charge is 0.385 e. The molecule has 2 unspecified atom stereocenters. The summed E-state index contributed by atoms with van der Waals surface area (Å²) in [5, 5.41) is 21.1. The van der Waals surface area contributed by atoms with Gasteiger partial charge in [0.25, 0.3) is 0 Å². The number of ether oxygens (including phenoxy) is 4. The van der Waals surface area contributed by atoms with E-state index in [2.05, 4.69) is 0 Å². The zero-order valence-corrected chi connectivity index (χ0v) is 18.4. The van der Waals surface area contributed by atoms with Crippen LogP contribution in [0.1, 0.15) is 16.7 Å². The van der Waals surface area contributed by atoms with E-state index in [1.807, 2.05) is 91.0 Å². The van der Waals surface area contributed by atoms with Crippen molar-refractivity contribution in [2.45, 2.75) is 50.5 Å². The minimum absolute atomic E-state index is 0.184. The van der Waals surface area contributed by atoms with Gasteiger partial charge in [-0.05, 0) is 16.7 Å². The van der Waals surface area contributed by atoms with E-state index in [1.165, 1.54) is 0 Å². The van der Waals surface area contributed by atoms with Crippen molar-refractivity contribution in [3.05, 3.63) is 108 Å². The second-order valence-electron chi connectivity index (χ2n) is 8.08. The predicted molar refractivity (Wildman–Crippen MR) is 123 cm³/mol. The van der Waals surface area contributed by atoms with Crippen molar-refractivity contribution in [1.82, 2.24) is 0 Å². The molecule has 2 N–H and O–H groups in total. The van der Waals surface area contributed by atoms with Gasteiger partial charge in [0.05, 0.1) is 26.4 Å². The minimum atomic E-state index is -1.40. The van der Waals surface area contributed by atoms with Gasteiger partial charge in [-0.15, -0.1) is 0 Å². The molecule has 1 saturated heterocycles. The number of aliphatic hydroxyl groups excluding tert-OH is 2. The highest BCUT2D eigenvalue weighted by atomic mass is 16.7. The normalized spacial score (nSPS) is 25.1. The fraction of sp³-hybridized carbons (Fsp3) is 0.333. The zero-order valence-electron chi connectivity index (χ0n) is 18.4. The topological polar surface area (TPSA) is 77.4 Å². The van der Waals surface area contributed by atoms with Crippen LogP contribution in [0.25, 0.3) is 0 Å². The summed E-state index contributed by atoms with van der Waals surface area (Å²) in [4.78, 5) is 0. The predicted octanol–water partition coefficient (Wildman–Crippen LogP) is 3.45. The number of hydrogen-bond donors (Lipinski definition) is 2. The third-order valence-corrected chi connectivity index (χ3v) is 5.60. The Morgan fingerprint density at radius 1 is 0.606 bits per heavy atom. The number of aliphatic hydroxyl groups is 2. The van der Waals surface area contributed by atoms with Gasteiger partial charge in [-0.3, -0.25) is 0 Å². The quantitative estimate of drug-likeness (QED) is 0.493. The molecule has 0 bridgehead atoms. The first-order valence-corrected chi connectivity index (χ1v) is 11.1. The highest BCUT2D eigenvalue weighted by molar-refractivity contribution is 5.15. The first kappa shape index (κ1) is 23.6. The van der Waals surface area contributed by atoms with Crippen molar-refractivity contribution in [2.75, 3.05) is 6.61 Å². The molecular formula is C27H30O6. The summed E-state index contributed by atoms with van der Waals surface area (Å²) in [7, 11) is 0. The molecule has 0 amide bonds. The van der Waals surface area contributed by atoms with Crippen molar-refractivity contribution in [3.63, 3.8) is 0 Å². The minimum Gasteiger partial charge on any atom is -0.385 e. The van der Waals surface area contributed by atoms with E-state index in [0.717, 1.165) is 16.7 Å². The van der Waals surface area contributed by atoms with Gasteiger partial charge in [0, 0.05) is 0 Å². The molecule has 3 aromatic carbocycles. The van der Waals surface area contributed by atoms with E-state index in [1.54, 1.807) is 0 Å². The Kier molecular flexibility index (Phi) is 8.60. The van der Waals surface area contributed by atoms with Crippen LogP contribution in [-0.4, -0.2) is 47.5 Å². The van der Waals surface area contributed by atoms with E-state index in [0.29, 0.717) is 13.2 Å². The molecule has 1 heterocycles. The van der Waals surface area contributed by atoms with Crippen molar-refractivity contribution < 1.29 is 29.2 Å². The molecule has 33 heavy (non-hydrogen) atoms. The summed E-state index contributed by atoms with van der Waals surface area (Å²) in [6.07, 6.45) is -4.68. The average molecular weight is 451 g/mol. The van der Waals surface area contributed by atoms with E-state index in [9.17, 15) is 10.2 Å². The first-order valence-electron chi connectivity index (χ1n) is 11.1. The van der Waals surface area contributed by atoms with E-state index in [-0.39, 0.29) is 13.2 Å². The highest BCUT2D eigenvalue weighted by Crippen LogP contribution is 2.27. The zero-order chi connectivity index (χ0) is 22.9. The Hall–Kier alpha value is -2.58. The van der Waals surface area contributed by atoms with Crippen LogP contribution in [0.3, 0.4) is 0 Å². The van der Waals surface area contributed by atoms with Crippen LogP contribution in [0, 0.1) is 0 Å². The molecule has 3 aromatic rings. The summed E-state index contributed by atoms with van der Waals surface area (Å²) in [5.74, 6) is 0. The fourth-order valence-corrected chi connectivity index (χ4v) is 3.84. The lowest BCUT2D eigenvalue weighted by atomic mass is 9.98. The maximum atomic E-state index is 10.7. The molecule has 1 fully saturated rings. The number of rotatable bonds is 10. The smallest absolute Gasteiger partial charge is 0.184 e. The van der Waals surface area contributed by atoms with Gasteiger partial charge >= 0.3 is 0 Å². The molecule has 0 aromatic heterocycles. The molecule has 6 heteroatoms. The van der Waals surface area contributed by atoms with Gasteiger partial charge in [-0.2, -0.15) is 0 Å². The van der Waals surface area contributed by atoms with Gasteiger partial charge in [-0.1, -0.05) is 91.0 Å². The molecule has 0 spiro atoms. The van der Waals surface area contributed by atoms with Crippen molar-refractivity contribution >= 4 is 0 Å². The average Bonchev–Trinajstić information content (AvgIpc) is 2.86. The molecule has 0 saturated carbocycles. The van der Waals surface area contributed by atoms with Crippen molar-refractivity contribution in [2.24, 2.45) is 0 Å². The van der Waals surface area contributed by atoms with Crippen LogP contribution in [0.15, 0.2) is 91.0 Å². The van der Waals surface area contributed by atoms with Crippen LogP contribution >= 0.6 is 0 Å². The van der Waals surface area contributed by atoms with Crippen LogP contribution in [0.5, 0.6) is 0 Å². The monoisotopic (exact) mass is 450 g/mol. The second kappa shape index (κ2) is 12.0. The summed E-state index contributed by atoms with van der Waals surface area (Å²) >= 11 is 0. The third kappa shape index (κ3) is 6.71.